The van der Waals surface area contributed by atoms with Gasteiger partial charge in [0, 0.05) is 12.1 Å². The van der Waals surface area contributed by atoms with E-state index < -0.39 is 4.92 Å². The minimum atomic E-state index is -0.567. The summed E-state index contributed by atoms with van der Waals surface area (Å²) in [4.78, 5) is 22.1. The predicted molar refractivity (Wildman–Crippen MR) is 94.2 cm³/mol. The zero-order valence-corrected chi connectivity index (χ0v) is 14.8. The fourth-order valence-corrected chi connectivity index (χ4v) is 2.80. The van der Waals surface area contributed by atoms with Crippen molar-refractivity contribution >= 4 is 40.6 Å². The zero-order valence-electron chi connectivity index (χ0n) is 13.3. The van der Waals surface area contributed by atoms with E-state index in [0.717, 1.165) is 11.8 Å². The normalized spacial score (nSPS) is 10.7. The van der Waals surface area contributed by atoms with Gasteiger partial charge in [-0.15, -0.1) is 10.2 Å². The molecule has 0 saturated carbocycles. The van der Waals surface area contributed by atoms with Crippen molar-refractivity contribution in [2.45, 2.75) is 12.1 Å². The number of rotatable bonds is 6. The SMILES string of the molecule is Cc1occc1-c1nnc(SCC(=O)Nc2ccc([N+](=O)[O-])cc2Cl)o1. The number of benzene rings is 1. The van der Waals surface area contributed by atoms with E-state index in [1.54, 1.807) is 13.0 Å². The van der Waals surface area contributed by atoms with Gasteiger partial charge in [0.15, 0.2) is 0 Å². The molecule has 134 valence electrons. The number of nitro benzene ring substituents is 1. The Hall–Kier alpha value is -2.85. The molecule has 0 fully saturated rings. The first kappa shape index (κ1) is 18.0. The molecule has 0 saturated heterocycles. The Balaban J connectivity index is 1.59. The lowest BCUT2D eigenvalue weighted by molar-refractivity contribution is -0.384. The van der Waals surface area contributed by atoms with Gasteiger partial charge < -0.3 is 14.2 Å². The van der Waals surface area contributed by atoms with E-state index in [0.29, 0.717) is 17.2 Å². The number of anilines is 1. The highest BCUT2D eigenvalue weighted by atomic mass is 35.5. The molecule has 3 rings (SSSR count). The molecule has 0 aliphatic heterocycles. The Labute approximate surface area is 155 Å². The molecule has 0 atom stereocenters. The number of halogens is 1. The van der Waals surface area contributed by atoms with E-state index in [-0.39, 0.29) is 33.3 Å². The number of furan rings is 1. The molecule has 1 N–H and O–H groups in total. The number of carbonyl (C=O) groups is 1. The molecular formula is C15H11ClN4O5S. The van der Waals surface area contributed by atoms with Crippen LogP contribution in [0.3, 0.4) is 0 Å². The molecule has 0 radical (unpaired) electrons. The molecule has 0 spiro atoms. The average Bonchev–Trinajstić information content (AvgIpc) is 3.23. The van der Waals surface area contributed by atoms with Gasteiger partial charge in [-0.2, -0.15) is 0 Å². The van der Waals surface area contributed by atoms with Gasteiger partial charge in [-0.3, -0.25) is 14.9 Å². The zero-order chi connectivity index (χ0) is 18.7. The maximum absolute atomic E-state index is 12.0. The smallest absolute Gasteiger partial charge is 0.277 e. The number of hydrogen-bond acceptors (Lipinski definition) is 8. The van der Waals surface area contributed by atoms with E-state index in [1.807, 2.05) is 0 Å². The van der Waals surface area contributed by atoms with Gasteiger partial charge in [-0.25, -0.2) is 0 Å². The maximum Gasteiger partial charge on any atom is 0.277 e. The highest BCUT2D eigenvalue weighted by Gasteiger charge is 2.15. The number of thioether (sulfide) groups is 1. The van der Waals surface area contributed by atoms with Crippen molar-refractivity contribution in [2.75, 3.05) is 11.1 Å². The molecule has 2 aromatic heterocycles. The Bertz CT molecular complexity index is 971. The summed E-state index contributed by atoms with van der Waals surface area (Å²) in [5.74, 6) is 0.581. The number of nitrogens with zero attached hydrogens (tertiary/aromatic N) is 3. The highest BCUT2D eigenvalue weighted by molar-refractivity contribution is 7.99. The third-order valence-corrected chi connectivity index (χ3v) is 4.39. The molecule has 1 aromatic carbocycles. The Kier molecular flexibility index (Phi) is 5.24. The van der Waals surface area contributed by atoms with Crippen LogP contribution in [-0.4, -0.2) is 26.8 Å². The second-order valence-corrected chi connectivity index (χ2v) is 6.36. The van der Waals surface area contributed by atoms with Crippen LogP contribution in [0.15, 0.2) is 44.6 Å². The lowest BCUT2D eigenvalue weighted by atomic mass is 10.3. The molecule has 3 aromatic rings. The number of nitrogens with one attached hydrogen (secondary N) is 1. The largest absolute Gasteiger partial charge is 0.469 e. The van der Waals surface area contributed by atoms with Crippen LogP contribution in [0, 0.1) is 17.0 Å². The lowest BCUT2D eigenvalue weighted by Crippen LogP contribution is -2.14. The standard InChI is InChI=1S/C15H11ClN4O5S/c1-8-10(4-5-24-8)14-18-19-15(25-14)26-7-13(21)17-12-3-2-9(20(22)23)6-11(12)16/h2-6H,7H2,1H3,(H,17,21). The van der Waals surface area contributed by atoms with E-state index in [4.69, 9.17) is 20.4 Å². The molecule has 0 aliphatic rings. The van der Waals surface area contributed by atoms with E-state index in [9.17, 15) is 14.9 Å². The van der Waals surface area contributed by atoms with Gasteiger partial charge in [0.05, 0.1) is 33.2 Å². The van der Waals surface area contributed by atoms with E-state index in [1.165, 1.54) is 24.5 Å². The van der Waals surface area contributed by atoms with E-state index >= 15 is 0 Å². The third-order valence-electron chi connectivity index (χ3n) is 3.26. The fourth-order valence-electron chi connectivity index (χ4n) is 2.02. The van der Waals surface area contributed by atoms with E-state index in [2.05, 4.69) is 15.5 Å². The molecule has 9 nitrogen and oxygen atoms in total. The minimum Gasteiger partial charge on any atom is -0.469 e. The first-order chi connectivity index (χ1) is 12.4. The number of carbonyl (C=O) groups excluding carboxylic acids is 1. The highest BCUT2D eigenvalue weighted by Crippen LogP contribution is 2.28. The van der Waals surface area contributed by atoms with Crippen molar-refractivity contribution in [3.05, 3.63) is 51.4 Å². The molecule has 0 bridgehead atoms. The first-order valence-electron chi connectivity index (χ1n) is 7.18. The lowest BCUT2D eigenvalue weighted by Gasteiger charge is -2.05. The topological polar surface area (TPSA) is 124 Å². The number of nitro groups is 1. The van der Waals surface area contributed by atoms with Crippen molar-refractivity contribution in [1.82, 2.24) is 10.2 Å². The Morgan fingerprint density at radius 1 is 1.38 bits per heavy atom. The molecule has 26 heavy (non-hydrogen) atoms. The van der Waals surface area contributed by atoms with Crippen molar-refractivity contribution in [3.8, 4) is 11.5 Å². The Morgan fingerprint density at radius 2 is 2.19 bits per heavy atom. The molecule has 0 aliphatic carbocycles. The quantitative estimate of drug-likeness (QED) is 0.378. The van der Waals surface area contributed by atoms with Crippen molar-refractivity contribution in [1.29, 1.82) is 0 Å². The van der Waals surface area contributed by atoms with Crippen molar-refractivity contribution in [2.24, 2.45) is 0 Å². The predicted octanol–water partition coefficient (Wildman–Crippen LogP) is 3.93. The second-order valence-electron chi connectivity index (χ2n) is 5.02. The van der Waals surface area contributed by atoms with Crippen molar-refractivity contribution in [3.63, 3.8) is 0 Å². The monoisotopic (exact) mass is 394 g/mol. The van der Waals surface area contributed by atoms with Crippen LogP contribution in [0.2, 0.25) is 5.02 Å². The van der Waals surface area contributed by atoms with Gasteiger partial charge in [-0.1, -0.05) is 23.4 Å². The maximum atomic E-state index is 12.0. The summed E-state index contributed by atoms with van der Waals surface area (Å²) in [5, 5.41) is 21.3. The van der Waals surface area contributed by atoms with Gasteiger partial charge in [-0.05, 0) is 19.1 Å². The van der Waals surface area contributed by atoms with Crippen LogP contribution in [0.25, 0.3) is 11.5 Å². The van der Waals surface area contributed by atoms with Gasteiger partial charge in [0.1, 0.15) is 5.76 Å². The third kappa shape index (κ3) is 4.03. The molecule has 1 amide bonds. The summed E-state index contributed by atoms with van der Waals surface area (Å²) >= 11 is 6.99. The summed E-state index contributed by atoms with van der Waals surface area (Å²) in [5.41, 5.74) is 0.810. The minimum absolute atomic E-state index is 0.000676. The number of non-ortho nitro benzene ring substituents is 1. The van der Waals surface area contributed by atoms with Crippen LogP contribution in [-0.2, 0) is 4.79 Å². The summed E-state index contributed by atoms with van der Waals surface area (Å²) in [6.07, 6.45) is 1.52. The average molecular weight is 395 g/mol. The summed E-state index contributed by atoms with van der Waals surface area (Å²) in [6.45, 7) is 1.77. The molecule has 2 heterocycles. The number of amides is 1. The first-order valence-corrected chi connectivity index (χ1v) is 8.55. The fraction of sp³-hybridized carbons (Fsp3) is 0.133. The summed E-state index contributed by atoms with van der Waals surface area (Å²) in [6, 6.07) is 5.50. The van der Waals surface area contributed by atoms with Crippen LogP contribution in [0.5, 0.6) is 0 Å². The summed E-state index contributed by atoms with van der Waals surface area (Å²) in [7, 11) is 0. The molecule has 0 unspecified atom stereocenters. The number of aryl methyl sites for hydroxylation is 1. The van der Waals surface area contributed by atoms with Crippen molar-refractivity contribution < 1.29 is 18.6 Å². The van der Waals surface area contributed by atoms with Crippen LogP contribution >= 0.6 is 23.4 Å². The van der Waals surface area contributed by atoms with Gasteiger partial charge >= 0.3 is 0 Å². The number of hydrogen-bond donors (Lipinski definition) is 1. The van der Waals surface area contributed by atoms with Gasteiger partial charge in [0.2, 0.25) is 5.91 Å². The molecule has 11 heteroatoms. The van der Waals surface area contributed by atoms with Crippen LogP contribution in [0.1, 0.15) is 5.76 Å². The van der Waals surface area contributed by atoms with Gasteiger partial charge in [0.25, 0.3) is 16.8 Å². The number of aromatic nitrogens is 2. The Morgan fingerprint density at radius 3 is 2.85 bits per heavy atom. The van der Waals surface area contributed by atoms with Crippen LogP contribution in [0.4, 0.5) is 11.4 Å². The second kappa shape index (κ2) is 7.58. The summed E-state index contributed by atoms with van der Waals surface area (Å²) < 4.78 is 10.6. The van der Waals surface area contributed by atoms with Crippen LogP contribution < -0.4 is 5.32 Å². The molecular weight excluding hydrogens is 384 g/mol.